The molecule has 0 atom stereocenters. The average molecular weight is 381 g/mol. The minimum atomic E-state index is -1.50. The summed E-state index contributed by atoms with van der Waals surface area (Å²) < 4.78 is 0. The first kappa shape index (κ1) is 29.6. The molecular formula is C2H10N4O6Pt. The van der Waals surface area contributed by atoms with E-state index in [9.17, 15) is 0 Å². The van der Waals surface area contributed by atoms with Gasteiger partial charge in [-0.25, -0.2) is 0 Å². The van der Waals surface area contributed by atoms with Crippen LogP contribution < -0.4 is 0 Å². The number of hydrogen-bond donors (Lipinski definition) is 2. The molecule has 0 aromatic carbocycles. The molecule has 0 rings (SSSR count). The Kier molecular flexibility index (Phi) is 100. The molecule has 0 heterocycles. The molecule has 0 aliphatic rings. The molecule has 84 valence electrons. The fraction of sp³-hybridized carbons (Fsp3) is 1.00. The van der Waals surface area contributed by atoms with Crippen molar-refractivity contribution in [2.45, 2.75) is 0 Å². The Hall–Kier alpha value is -0.992. The van der Waals surface area contributed by atoms with Crippen LogP contribution in [-0.4, -0.2) is 34.7 Å². The third kappa shape index (κ3) is 908. The Morgan fingerprint density at radius 2 is 0.923 bits per heavy atom. The van der Waals surface area contributed by atoms with Gasteiger partial charge in [0.05, 0.1) is 0 Å². The number of nitrogens with zero attached hydrogens (tertiary/aromatic N) is 2. The Morgan fingerprint density at radius 1 is 0.923 bits per heavy atom. The summed E-state index contributed by atoms with van der Waals surface area (Å²) in [5.41, 5.74) is 11.5. The third-order valence-corrected chi connectivity index (χ3v) is 0. The second-order valence-corrected chi connectivity index (χ2v) is 0.476. The fourth-order valence-electron chi connectivity index (χ4n) is 0. The van der Waals surface area contributed by atoms with E-state index in [1.165, 1.54) is 14.1 Å². The number of nitrogens with one attached hydrogen (secondary N) is 2. The van der Waals surface area contributed by atoms with Gasteiger partial charge in [-0.05, 0) is 0 Å². The van der Waals surface area contributed by atoms with Crippen molar-refractivity contribution < 1.29 is 41.7 Å². The monoisotopic (exact) mass is 381 g/mol. The molecule has 0 aliphatic heterocycles. The molecule has 0 aromatic rings. The van der Waals surface area contributed by atoms with Crippen molar-refractivity contribution >= 4 is 0 Å². The molecule has 10 nitrogen and oxygen atoms in total. The molecule has 0 bridgehead atoms. The van der Waals surface area contributed by atoms with E-state index >= 15 is 0 Å². The molecular weight excluding hydrogens is 371 g/mol. The van der Waals surface area contributed by atoms with Crippen LogP contribution in [0.5, 0.6) is 0 Å². The van der Waals surface area contributed by atoms with Gasteiger partial charge in [0.2, 0.25) is 0 Å². The van der Waals surface area contributed by atoms with Gasteiger partial charge in [-0.1, -0.05) is 0 Å². The third-order valence-electron chi connectivity index (χ3n) is 0. The summed E-state index contributed by atoms with van der Waals surface area (Å²) in [4.78, 5) is 16.7. The van der Waals surface area contributed by atoms with Crippen molar-refractivity contribution in [1.82, 2.24) is 0 Å². The van der Waals surface area contributed by atoms with E-state index in [1.807, 2.05) is 0 Å². The maximum Gasteiger partial charge on any atom is 2.00 e. The SMILES string of the molecule is C[NH-].C[NH-].O=[N+]([O-])O.O=[N+]([O-])O.[Pt+2]. The fourth-order valence-corrected chi connectivity index (χ4v) is 0. The normalized spacial score (nSPS) is 4.62. The van der Waals surface area contributed by atoms with Crippen LogP contribution >= 0.6 is 0 Å². The van der Waals surface area contributed by atoms with Gasteiger partial charge in [-0.3, -0.25) is 0 Å². The molecule has 0 saturated heterocycles. The zero-order valence-corrected chi connectivity index (χ0v) is 9.01. The van der Waals surface area contributed by atoms with Crippen LogP contribution in [0.3, 0.4) is 0 Å². The second kappa shape index (κ2) is 44.0. The van der Waals surface area contributed by atoms with Crippen LogP contribution in [0, 0.1) is 20.2 Å². The van der Waals surface area contributed by atoms with Crippen LogP contribution in [0.1, 0.15) is 0 Å². The molecule has 13 heavy (non-hydrogen) atoms. The summed E-state index contributed by atoms with van der Waals surface area (Å²) in [5.74, 6) is 0. The first-order valence-corrected chi connectivity index (χ1v) is 2.13. The first-order chi connectivity index (χ1) is 5.46. The molecule has 11 heteroatoms. The molecule has 4 N–H and O–H groups in total. The van der Waals surface area contributed by atoms with E-state index in [4.69, 9.17) is 42.1 Å². The maximum atomic E-state index is 8.36. The van der Waals surface area contributed by atoms with Gasteiger partial charge in [0, 0.05) is 0 Å². The van der Waals surface area contributed by atoms with Crippen molar-refractivity contribution in [3.8, 4) is 0 Å². The number of hydrogen-bond acceptors (Lipinski definition) is 4. The smallest absolute Gasteiger partial charge is 0.680 e. The van der Waals surface area contributed by atoms with Gasteiger partial charge in [-0.15, -0.1) is 20.2 Å². The molecule has 0 fully saturated rings. The van der Waals surface area contributed by atoms with Crippen LogP contribution in [-0.2, 0) is 21.1 Å². The molecule has 0 aliphatic carbocycles. The molecule has 0 spiro atoms. The Bertz CT molecular complexity index is 80.6. The Balaban J connectivity index is -0.0000000226. The zero-order valence-electron chi connectivity index (χ0n) is 6.74. The summed E-state index contributed by atoms with van der Waals surface area (Å²) in [6, 6.07) is 0. The first-order valence-electron chi connectivity index (χ1n) is 2.13. The predicted molar refractivity (Wildman–Crippen MR) is 38.1 cm³/mol. The van der Waals surface area contributed by atoms with Gasteiger partial charge in [0.25, 0.3) is 10.2 Å². The molecule has 0 saturated carbocycles. The van der Waals surface area contributed by atoms with E-state index < -0.39 is 10.2 Å². The summed E-state index contributed by atoms with van der Waals surface area (Å²) >= 11 is 0. The van der Waals surface area contributed by atoms with Crippen molar-refractivity contribution in [2.24, 2.45) is 0 Å². The van der Waals surface area contributed by atoms with Crippen LogP contribution in [0.25, 0.3) is 11.5 Å². The van der Waals surface area contributed by atoms with E-state index in [1.54, 1.807) is 0 Å². The van der Waals surface area contributed by atoms with Crippen molar-refractivity contribution in [1.29, 1.82) is 0 Å². The zero-order chi connectivity index (χ0) is 11.2. The van der Waals surface area contributed by atoms with Crippen molar-refractivity contribution in [3.05, 3.63) is 31.7 Å². The van der Waals surface area contributed by atoms with E-state index in [2.05, 4.69) is 0 Å². The van der Waals surface area contributed by atoms with Gasteiger partial charge < -0.3 is 21.9 Å². The molecule has 0 amide bonds. The summed E-state index contributed by atoms with van der Waals surface area (Å²) in [6.45, 7) is 0. The van der Waals surface area contributed by atoms with Gasteiger partial charge >= 0.3 is 21.1 Å². The van der Waals surface area contributed by atoms with E-state index in [-0.39, 0.29) is 21.1 Å². The Labute approximate surface area is 88.0 Å². The Morgan fingerprint density at radius 3 is 0.923 bits per heavy atom. The van der Waals surface area contributed by atoms with Gasteiger partial charge in [0.15, 0.2) is 0 Å². The predicted octanol–water partition coefficient (Wildman–Crippen LogP) is 0.639. The minimum absolute atomic E-state index is 0. The largest absolute Gasteiger partial charge is 2.00 e. The van der Waals surface area contributed by atoms with Crippen LogP contribution in [0.4, 0.5) is 0 Å². The summed E-state index contributed by atoms with van der Waals surface area (Å²) in [5, 5.41) is 27.3. The van der Waals surface area contributed by atoms with E-state index in [0.29, 0.717) is 0 Å². The van der Waals surface area contributed by atoms with E-state index in [0.717, 1.165) is 0 Å². The van der Waals surface area contributed by atoms with Gasteiger partial charge in [0.1, 0.15) is 0 Å². The molecule has 0 radical (unpaired) electrons. The quantitative estimate of drug-likeness (QED) is 0.460. The second-order valence-electron chi connectivity index (χ2n) is 0.476. The average Bonchev–Trinajstić information content (AvgIpc) is 1.93. The van der Waals surface area contributed by atoms with Crippen LogP contribution in [0.2, 0.25) is 0 Å². The van der Waals surface area contributed by atoms with Crippen molar-refractivity contribution in [2.75, 3.05) is 14.1 Å². The summed E-state index contributed by atoms with van der Waals surface area (Å²) in [7, 11) is 2.50. The minimum Gasteiger partial charge on any atom is -0.680 e. The topological polar surface area (TPSA) is 174 Å². The summed E-state index contributed by atoms with van der Waals surface area (Å²) in [6.07, 6.45) is 0. The molecule has 0 unspecified atom stereocenters. The standard InChI is InChI=1S/2CH4N.2HNO3.Pt/c2*1-2;2*2-1(3)4;/h2*2H,1H3;2*(H,2,3,4);/q2*-1;;;+2. The maximum absolute atomic E-state index is 8.36. The van der Waals surface area contributed by atoms with Gasteiger partial charge in [-0.2, -0.15) is 14.1 Å². The van der Waals surface area contributed by atoms with Crippen LogP contribution in [0.15, 0.2) is 0 Å². The number of rotatable bonds is 0. The van der Waals surface area contributed by atoms with Crippen molar-refractivity contribution in [3.63, 3.8) is 0 Å². The molecule has 0 aromatic heterocycles.